The Balaban J connectivity index is 1.47. The Morgan fingerprint density at radius 3 is 2.37 bits per heavy atom. The van der Waals surface area contributed by atoms with Gasteiger partial charge in [0.15, 0.2) is 5.65 Å². The molecule has 9 aromatic rings. The fourth-order valence-corrected chi connectivity index (χ4v) is 7.10. The molecule has 1 aliphatic rings. The van der Waals surface area contributed by atoms with E-state index in [1.54, 1.807) is 0 Å². The monoisotopic (exact) mass is 523 g/mol. The topological polar surface area (TPSA) is 48.0 Å². The lowest BCUT2D eigenvalue weighted by Gasteiger charge is -2.13. The van der Waals surface area contributed by atoms with E-state index >= 15 is 0 Å². The summed E-state index contributed by atoms with van der Waals surface area (Å²) < 4.78 is 4.59. The maximum Gasteiger partial charge on any atom is 0.165 e. The third-order valence-electron chi connectivity index (χ3n) is 8.78. The van der Waals surface area contributed by atoms with Gasteiger partial charge in [-0.2, -0.15) is 0 Å². The van der Waals surface area contributed by atoms with Crippen LogP contribution in [0.15, 0.2) is 116 Å². The predicted octanol–water partition coefficient (Wildman–Crippen LogP) is 8.25. The van der Waals surface area contributed by atoms with Gasteiger partial charge >= 0.3 is 0 Å². The number of benzene rings is 4. The van der Waals surface area contributed by atoms with E-state index < -0.39 is 0 Å². The zero-order valence-electron chi connectivity index (χ0n) is 21.9. The van der Waals surface area contributed by atoms with Crippen molar-refractivity contribution in [3.63, 3.8) is 0 Å². The van der Waals surface area contributed by atoms with Crippen molar-refractivity contribution in [3.05, 3.63) is 127 Å². The first kappa shape index (κ1) is 21.3. The van der Waals surface area contributed by atoms with Crippen molar-refractivity contribution in [1.82, 2.24) is 23.9 Å². The van der Waals surface area contributed by atoms with Gasteiger partial charge in [0.05, 0.1) is 22.1 Å². The Hall–Kier alpha value is -5.55. The van der Waals surface area contributed by atoms with E-state index in [4.69, 9.17) is 15.0 Å². The Labute approximate surface area is 234 Å². The van der Waals surface area contributed by atoms with Gasteiger partial charge < -0.3 is 4.57 Å². The Morgan fingerprint density at radius 2 is 1.41 bits per heavy atom. The number of fused-ring (bicyclic) bond motifs is 15. The highest BCUT2D eigenvalue weighted by molar-refractivity contribution is 6.27. The summed E-state index contributed by atoms with van der Waals surface area (Å²) in [7, 11) is 0. The van der Waals surface area contributed by atoms with Crippen molar-refractivity contribution >= 4 is 60.4 Å². The highest BCUT2D eigenvalue weighted by atomic mass is 15.1. The Kier molecular flexibility index (Phi) is 3.92. The van der Waals surface area contributed by atoms with Crippen LogP contribution in [0.3, 0.4) is 0 Å². The van der Waals surface area contributed by atoms with Gasteiger partial charge in [0.1, 0.15) is 11.2 Å². The van der Waals surface area contributed by atoms with Gasteiger partial charge in [0.25, 0.3) is 0 Å². The number of hydrogen-bond donors (Lipinski definition) is 0. The van der Waals surface area contributed by atoms with Crippen molar-refractivity contribution in [2.75, 3.05) is 0 Å². The molecule has 5 heterocycles. The van der Waals surface area contributed by atoms with E-state index in [0.29, 0.717) is 0 Å². The number of imidazole rings is 1. The third kappa shape index (κ3) is 2.68. The molecule has 0 saturated carbocycles. The van der Waals surface area contributed by atoms with Gasteiger partial charge in [-0.3, -0.25) is 9.38 Å². The Bertz CT molecular complexity index is 2550. The van der Waals surface area contributed by atoms with Crippen LogP contribution in [-0.2, 0) is 6.42 Å². The summed E-state index contributed by atoms with van der Waals surface area (Å²) in [5.74, 6) is 0. The Morgan fingerprint density at radius 1 is 0.585 bits per heavy atom. The molecule has 0 atom stereocenters. The molecule has 0 radical (unpaired) electrons. The first-order valence-corrected chi connectivity index (χ1v) is 13.9. The molecule has 190 valence electrons. The fraction of sp³-hybridized carbons (Fsp3) is 0.0278. The van der Waals surface area contributed by atoms with Gasteiger partial charge in [-0.15, -0.1) is 0 Å². The standard InChI is InChI=1S/C36H21N5/c1-2-9-23(10-3-1)40-31-20-27-22(18-21-8-4-5-11-24(21)27)19-28(31)25-14-15-26-32(34(25)40)33-30(13-7-16-37-33)41-35(26)39-29-12-6-17-38-36(29)41/h1-17,19-20H,18H2. The SMILES string of the molecule is c1ccc(-n2c3cc4c(cc3c3ccc5c(c6ncccc6n6c7ncccc7nc56)c32)Cc2ccccc2-4)cc1. The molecular weight excluding hydrogens is 502 g/mol. The van der Waals surface area contributed by atoms with Crippen molar-refractivity contribution in [3.8, 4) is 16.8 Å². The number of rotatable bonds is 1. The quantitative estimate of drug-likeness (QED) is 0.204. The first-order chi connectivity index (χ1) is 20.3. The van der Waals surface area contributed by atoms with Crippen LogP contribution in [0.2, 0.25) is 0 Å². The lowest BCUT2D eigenvalue weighted by Crippen LogP contribution is -1.98. The number of hydrogen-bond acceptors (Lipinski definition) is 3. The summed E-state index contributed by atoms with van der Waals surface area (Å²) in [6.45, 7) is 0. The van der Waals surface area contributed by atoms with Gasteiger partial charge in [-0.05, 0) is 83.3 Å². The number of aromatic nitrogens is 5. The van der Waals surface area contributed by atoms with Gasteiger partial charge in [0, 0.05) is 39.6 Å². The molecule has 0 N–H and O–H groups in total. The average Bonchev–Trinajstić information content (AvgIpc) is 3.70. The van der Waals surface area contributed by atoms with Crippen LogP contribution < -0.4 is 0 Å². The zero-order chi connectivity index (χ0) is 26.7. The van der Waals surface area contributed by atoms with Crippen LogP contribution in [0.25, 0.3) is 77.2 Å². The van der Waals surface area contributed by atoms with Crippen molar-refractivity contribution < 1.29 is 0 Å². The molecule has 5 nitrogen and oxygen atoms in total. The van der Waals surface area contributed by atoms with Crippen LogP contribution in [0.5, 0.6) is 0 Å². The highest BCUT2D eigenvalue weighted by Crippen LogP contribution is 2.45. The number of pyridine rings is 3. The van der Waals surface area contributed by atoms with Crippen LogP contribution in [0.4, 0.5) is 0 Å². The van der Waals surface area contributed by atoms with Crippen molar-refractivity contribution in [2.24, 2.45) is 0 Å². The smallest absolute Gasteiger partial charge is 0.165 e. The van der Waals surface area contributed by atoms with Gasteiger partial charge in [0.2, 0.25) is 0 Å². The van der Waals surface area contributed by atoms with Crippen LogP contribution in [-0.4, -0.2) is 23.9 Å². The van der Waals surface area contributed by atoms with E-state index in [0.717, 1.165) is 56.2 Å². The molecule has 0 spiro atoms. The molecule has 0 bridgehead atoms. The fourth-order valence-electron chi connectivity index (χ4n) is 7.10. The van der Waals surface area contributed by atoms with Crippen molar-refractivity contribution in [2.45, 2.75) is 6.42 Å². The summed E-state index contributed by atoms with van der Waals surface area (Å²) in [6.07, 6.45) is 4.68. The molecule has 0 unspecified atom stereocenters. The molecule has 1 aliphatic carbocycles. The van der Waals surface area contributed by atoms with E-state index in [-0.39, 0.29) is 0 Å². The van der Waals surface area contributed by atoms with Crippen LogP contribution in [0, 0.1) is 0 Å². The van der Waals surface area contributed by atoms with Gasteiger partial charge in [-0.25, -0.2) is 9.97 Å². The van der Waals surface area contributed by atoms with E-state index in [9.17, 15) is 0 Å². The van der Waals surface area contributed by atoms with Crippen molar-refractivity contribution in [1.29, 1.82) is 0 Å². The molecule has 4 aromatic carbocycles. The highest BCUT2D eigenvalue weighted by Gasteiger charge is 2.25. The number of para-hydroxylation sites is 1. The lowest BCUT2D eigenvalue weighted by atomic mass is 10.0. The molecular formula is C36H21N5. The minimum Gasteiger partial charge on any atom is -0.309 e. The van der Waals surface area contributed by atoms with E-state index in [1.807, 2.05) is 30.6 Å². The second-order valence-electron chi connectivity index (χ2n) is 10.9. The molecule has 0 saturated heterocycles. The van der Waals surface area contributed by atoms with E-state index in [1.165, 1.54) is 38.5 Å². The predicted molar refractivity (Wildman–Crippen MR) is 166 cm³/mol. The maximum absolute atomic E-state index is 5.10. The molecule has 5 aromatic heterocycles. The largest absolute Gasteiger partial charge is 0.309 e. The normalized spacial score (nSPS) is 12.8. The summed E-state index contributed by atoms with van der Waals surface area (Å²) in [5, 5.41) is 4.66. The molecule has 0 aliphatic heterocycles. The molecule has 10 rings (SSSR count). The summed E-state index contributed by atoms with van der Waals surface area (Å²) in [5.41, 5.74) is 13.5. The minimum absolute atomic E-state index is 0.848. The molecule has 0 fully saturated rings. The summed E-state index contributed by atoms with van der Waals surface area (Å²) in [6, 6.07) is 36.9. The summed E-state index contributed by atoms with van der Waals surface area (Å²) in [4.78, 5) is 14.8. The second-order valence-corrected chi connectivity index (χ2v) is 10.9. The molecule has 41 heavy (non-hydrogen) atoms. The van der Waals surface area contributed by atoms with E-state index in [2.05, 4.69) is 93.9 Å². The molecule has 0 amide bonds. The molecule has 5 heteroatoms. The van der Waals surface area contributed by atoms with Crippen LogP contribution >= 0.6 is 0 Å². The maximum atomic E-state index is 5.10. The second kappa shape index (κ2) is 7.55. The first-order valence-electron chi connectivity index (χ1n) is 13.9. The summed E-state index contributed by atoms with van der Waals surface area (Å²) >= 11 is 0. The number of nitrogens with zero attached hydrogens (tertiary/aromatic N) is 5. The van der Waals surface area contributed by atoms with Gasteiger partial charge in [-0.1, -0.05) is 48.5 Å². The third-order valence-corrected chi connectivity index (χ3v) is 8.78. The minimum atomic E-state index is 0.848. The average molecular weight is 524 g/mol. The lowest BCUT2D eigenvalue weighted by molar-refractivity contribution is 1.18. The zero-order valence-corrected chi connectivity index (χ0v) is 21.9. The van der Waals surface area contributed by atoms with Crippen LogP contribution in [0.1, 0.15) is 11.1 Å².